The Kier molecular flexibility index (Phi) is 4.21. The molecule has 1 aliphatic rings. The van der Waals surface area contributed by atoms with Crippen LogP contribution in [0.15, 0.2) is 78.9 Å². The van der Waals surface area contributed by atoms with Crippen molar-refractivity contribution in [3.8, 4) is 16.9 Å². The molecular weight excluding hydrogens is 356 g/mol. The summed E-state index contributed by atoms with van der Waals surface area (Å²) in [7, 11) is 1.71. The van der Waals surface area contributed by atoms with Crippen LogP contribution in [-0.4, -0.2) is 12.9 Å². The molecule has 0 aliphatic heterocycles. The molecule has 29 heavy (non-hydrogen) atoms. The molecule has 0 fully saturated rings. The summed E-state index contributed by atoms with van der Waals surface area (Å²) in [6.07, 6.45) is 0.751. The van der Waals surface area contributed by atoms with Crippen molar-refractivity contribution < 1.29 is 9.53 Å². The van der Waals surface area contributed by atoms with Gasteiger partial charge in [0.1, 0.15) is 5.75 Å². The second-order valence-corrected chi connectivity index (χ2v) is 7.78. The molecule has 0 heterocycles. The zero-order valence-corrected chi connectivity index (χ0v) is 16.6. The first-order valence-electron chi connectivity index (χ1n) is 9.95. The molecule has 1 atom stereocenters. The minimum Gasteiger partial charge on any atom is -0.496 e. The van der Waals surface area contributed by atoms with E-state index >= 15 is 0 Å². The summed E-state index contributed by atoms with van der Waals surface area (Å²) in [6.45, 7) is 2.11. The van der Waals surface area contributed by atoms with E-state index in [1.165, 1.54) is 5.56 Å². The summed E-state index contributed by atoms with van der Waals surface area (Å²) in [5.41, 5.74) is 6.53. The Balaban J connectivity index is 1.70. The smallest absolute Gasteiger partial charge is 0.170 e. The third-order valence-corrected chi connectivity index (χ3v) is 5.91. The van der Waals surface area contributed by atoms with Gasteiger partial charge >= 0.3 is 0 Å². The Labute approximate surface area is 170 Å². The monoisotopic (exact) mass is 378 g/mol. The number of Topliss-reactive ketones (excluding diaryl/α,β-unsaturated/α-hetero) is 1. The number of rotatable bonds is 3. The van der Waals surface area contributed by atoms with Crippen molar-refractivity contribution in [2.45, 2.75) is 19.3 Å². The maximum absolute atomic E-state index is 13.0. The number of carbonyl (C=O) groups excluding carboxylic acids is 1. The fourth-order valence-electron chi connectivity index (χ4n) is 4.56. The fourth-order valence-corrected chi connectivity index (χ4v) is 4.56. The fraction of sp³-hybridized carbons (Fsp3) is 0.148. The topological polar surface area (TPSA) is 26.3 Å². The number of ether oxygens (including phenoxy) is 1. The minimum atomic E-state index is -0.147. The van der Waals surface area contributed by atoms with Crippen molar-refractivity contribution in [3.63, 3.8) is 0 Å². The molecule has 0 saturated heterocycles. The van der Waals surface area contributed by atoms with E-state index in [1.54, 1.807) is 7.11 Å². The van der Waals surface area contributed by atoms with Crippen molar-refractivity contribution in [1.29, 1.82) is 0 Å². The van der Waals surface area contributed by atoms with Crippen LogP contribution in [0.4, 0.5) is 0 Å². The zero-order valence-electron chi connectivity index (χ0n) is 16.6. The Morgan fingerprint density at radius 3 is 2.38 bits per heavy atom. The van der Waals surface area contributed by atoms with Crippen LogP contribution in [0.25, 0.3) is 21.9 Å². The number of aryl methyl sites for hydroxylation is 1. The molecule has 0 bridgehead atoms. The van der Waals surface area contributed by atoms with Crippen LogP contribution in [0.1, 0.15) is 33.0 Å². The van der Waals surface area contributed by atoms with Gasteiger partial charge in [-0.3, -0.25) is 4.79 Å². The lowest BCUT2D eigenvalue weighted by atomic mass is 9.89. The highest BCUT2D eigenvalue weighted by atomic mass is 16.5. The van der Waals surface area contributed by atoms with Gasteiger partial charge in [-0.15, -0.1) is 0 Å². The van der Waals surface area contributed by atoms with E-state index in [2.05, 4.69) is 61.5 Å². The van der Waals surface area contributed by atoms with Gasteiger partial charge in [0.25, 0.3) is 0 Å². The van der Waals surface area contributed by atoms with Crippen LogP contribution in [0.5, 0.6) is 5.75 Å². The van der Waals surface area contributed by atoms with Crippen LogP contribution >= 0.6 is 0 Å². The van der Waals surface area contributed by atoms with Crippen LogP contribution in [-0.2, 0) is 6.42 Å². The summed E-state index contributed by atoms with van der Waals surface area (Å²) >= 11 is 0. The van der Waals surface area contributed by atoms with Gasteiger partial charge in [0.2, 0.25) is 0 Å². The first kappa shape index (κ1) is 17.7. The molecule has 2 heteroatoms. The Hall–Kier alpha value is -3.39. The highest BCUT2D eigenvalue weighted by Crippen LogP contribution is 2.41. The maximum Gasteiger partial charge on any atom is 0.170 e. The molecular formula is C27H22O2. The van der Waals surface area contributed by atoms with Gasteiger partial charge in [-0.2, -0.15) is 0 Å². The largest absolute Gasteiger partial charge is 0.496 e. The molecule has 0 spiro atoms. The van der Waals surface area contributed by atoms with Crippen LogP contribution in [0, 0.1) is 6.92 Å². The molecule has 0 N–H and O–H groups in total. The van der Waals surface area contributed by atoms with Gasteiger partial charge < -0.3 is 4.74 Å². The summed E-state index contributed by atoms with van der Waals surface area (Å²) in [5, 5.41) is 2.21. The SMILES string of the molecule is COc1cc(C2Cc3ccccc3C2=O)cc2cc(C)cc(-c3ccccc3)c12. The van der Waals surface area contributed by atoms with Crippen molar-refractivity contribution in [2.24, 2.45) is 0 Å². The average molecular weight is 378 g/mol. The molecule has 0 aromatic heterocycles. The molecule has 1 aliphatic carbocycles. The molecule has 2 nitrogen and oxygen atoms in total. The van der Waals surface area contributed by atoms with Crippen molar-refractivity contribution in [2.75, 3.05) is 7.11 Å². The first-order valence-corrected chi connectivity index (χ1v) is 9.95. The van der Waals surface area contributed by atoms with Gasteiger partial charge in [-0.25, -0.2) is 0 Å². The van der Waals surface area contributed by atoms with E-state index < -0.39 is 0 Å². The van der Waals surface area contributed by atoms with E-state index in [0.717, 1.165) is 50.8 Å². The lowest BCUT2D eigenvalue weighted by Gasteiger charge is -2.17. The van der Waals surface area contributed by atoms with E-state index in [9.17, 15) is 4.79 Å². The molecule has 0 amide bonds. The van der Waals surface area contributed by atoms with Crippen LogP contribution in [0.3, 0.4) is 0 Å². The number of ketones is 1. The van der Waals surface area contributed by atoms with Gasteiger partial charge in [-0.05, 0) is 52.6 Å². The lowest BCUT2D eigenvalue weighted by molar-refractivity contribution is 0.0973. The van der Waals surface area contributed by atoms with Gasteiger partial charge in [-0.1, -0.05) is 72.8 Å². The van der Waals surface area contributed by atoms with E-state index in [-0.39, 0.29) is 11.7 Å². The molecule has 5 rings (SSSR count). The van der Waals surface area contributed by atoms with Gasteiger partial charge in [0.15, 0.2) is 5.78 Å². The molecule has 1 unspecified atom stereocenters. The number of carbonyl (C=O) groups is 1. The summed E-state index contributed by atoms with van der Waals surface area (Å²) < 4.78 is 5.83. The Morgan fingerprint density at radius 2 is 1.62 bits per heavy atom. The number of fused-ring (bicyclic) bond motifs is 2. The van der Waals surface area contributed by atoms with E-state index in [1.807, 2.05) is 24.3 Å². The standard InChI is InChI=1S/C27H22O2/c1-17-12-21-14-20(24-15-19-10-6-7-11-22(19)27(24)28)16-25(29-2)26(21)23(13-17)18-8-4-3-5-9-18/h3-14,16,24H,15H2,1-2H3. The van der Waals surface area contributed by atoms with Crippen LogP contribution in [0.2, 0.25) is 0 Å². The molecule has 4 aromatic rings. The summed E-state index contributed by atoms with van der Waals surface area (Å²) in [6, 6.07) is 26.9. The van der Waals surface area contributed by atoms with Crippen molar-refractivity contribution in [1.82, 2.24) is 0 Å². The molecule has 0 saturated carbocycles. The van der Waals surface area contributed by atoms with E-state index in [0.29, 0.717) is 0 Å². The van der Waals surface area contributed by atoms with Crippen molar-refractivity contribution in [3.05, 3.63) is 101 Å². The Morgan fingerprint density at radius 1 is 0.862 bits per heavy atom. The first-order chi connectivity index (χ1) is 14.2. The highest BCUT2D eigenvalue weighted by molar-refractivity contribution is 6.07. The van der Waals surface area contributed by atoms with Gasteiger partial charge in [0, 0.05) is 10.9 Å². The maximum atomic E-state index is 13.0. The van der Waals surface area contributed by atoms with Crippen LogP contribution < -0.4 is 4.74 Å². The number of hydrogen-bond acceptors (Lipinski definition) is 2. The minimum absolute atomic E-state index is 0.147. The number of benzene rings is 4. The number of methoxy groups -OCH3 is 1. The lowest BCUT2D eigenvalue weighted by Crippen LogP contribution is -2.07. The predicted molar refractivity (Wildman–Crippen MR) is 118 cm³/mol. The summed E-state index contributed by atoms with van der Waals surface area (Å²) in [4.78, 5) is 13.0. The third kappa shape index (κ3) is 2.92. The average Bonchev–Trinajstić information content (AvgIpc) is 3.09. The quantitative estimate of drug-likeness (QED) is 0.415. The second-order valence-electron chi connectivity index (χ2n) is 7.78. The zero-order chi connectivity index (χ0) is 20.0. The normalized spacial score (nSPS) is 15.5. The highest BCUT2D eigenvalue weighted by Gasteiger charge is 2.32. The van der Waals surface area contributed by atoms with E-state index in [4.69, 9.17) is 4.74 Å². The molecule has 0 radical (unpaired) electrons. The van der Waals surface area contributed by atoms with Crippen molar-refractivity contribution >= 4 is 16.6 Å². The molecule has 4 aromatic carbocycles. The number of hydrogen-bond donors (Lipinski definition) is 0. The predicted octanol–water partition coefficient (Wildman–Crippen LogP) is 6.35. The summed E-state index contributed by atoms with van der Waals surface area (Å²) in [5.74, 6) is 0.879. The third-order valence-electron chi connectivity index (χ3n) is 5.91. The molecule has 142 valence electrons. The Bertz CT molecular complexity index is 1240. The van der Waals surface area contributed by atoms with Gasteiger partial charge in [0.05, 0.1) is 13.0 Å². The second kappa shape index (κ2) is 6.89.